The number of halogens is 1. The van der Waals surface area contributed by atoms with Gasteiger partial charge in [-0.2, -0.15) is 0 Å². The van der Waals surface area contributed by atoms with Crippen LogP contribution in [0.3, 0.4) is 0 Å². The van der Waals surface area contributed by atoms with E-state index < -0.39 is 10.0 Å². The van der Waals surface area contributed by atoms with Crippen LogP contribution >= 0.6 is 11.6 Å². The average Bonchev–Trinajstić information content (AvgIpc) is 2.94. The second kappa shape index (κ2) is 11.8. The van der Waals surface area contributed by atoms with Crippen LogP contribution in [0.15, 0.2) is 78.2 Å². The van der Waals surface area contributed by atoms with Gasteiger partial charge in [0, 0.05) is 11.6 Å². The number of nitrogens with zero attached hydrogens (tertiary/aromatic N) is 2. The molecule has 0 radical (unpaired) electrons. The molecule has 0 saturated heterocycles. The Kier molecular flexibility index (Phi) is 8.35. The van der Waals surface area contributed by atoms with Crippen LogP contribution in [-0.2, 0) is 10.0 Å². The molecule has 0 bridgehead atoms. The van der Waals surface area contributed by atoms with Crippen molar-refractivity contribution in [2.24, 2.45) is 0 Å². The molecule has 3 aromatic carbocycles. The summed E-state index contributed by atoms with van der Waals surface area (Å²) in [6, 6.07) is 20.8. The number of sulfonamides is 1. The Bertz CT molecular complexity index is 1540. The van der Waals surface area contributed by atoms with Gasteiger partial charge in [-0.3, -0.25) is 4.72 Å². The number of ether oxygens (including phenoxy) is 4. The largest absolute Gasteiger partial charge is 0.497 e. The van der Waals surface area contributed by atoms with Crippen LogP contribution in [0.1, 0.15) is 5.56 Å². The maximum Gasteiger partial charge on any atom is 0.256 e. The first-order chi connectivity index (χ1) is 18.3. The Hall–Kier alpha value is -4.28. The van der Waals surface area contributed by atoms with Gasteiger partial charge in [-0.15, -0.1) is 0 Å². The molecule has 0 aliphatic heterocycles. The molecule has 1 heterocycles. The van der Waals surface area contributed by atoms with Crippen molar-refractivity contribution in [3.05, 3.63) is 88.9 Å². The van der Waals surface area contributed by atoms with E-state index in [-0.39, 0.29) is 28.3 Å². The summed E-state index contributed by atoms with van der Waals surface area (Å²) in [4.78, 5) is 8.80. The number of anilines is 1. The first-order valence-corrected chi connectivity index (χ1v) is 13.1. The molecule has 1 N–H and O–H groups in total. The van der Waals surface area contributed by atoms with E-state index in [2.05, 4.69) is 14.7 Å². The molecular formula is C27H24ClN3O6S. The minimum atomic E-state index is -4.04. The quantitative estimate of drug-likeness (QED) is 0.237. The normalized spacial score (nSPS) is 11.3. The summed E-state index contributed by atoms with van der Waals surface area (Å²) in [5.41, 5.74) is 1.18. The molecule has 0 atom stereocenters. The van der Waals surface area contributed by atoms with Crippen molar-refractivity contribution >= 4 is 33.5 Å². The summed E-state index contributed by atoms with van der Waals surface area (Å²) in [7, 11) is 0.457. The summed E-state index contributed by atoms with van der Waals surface area (Å²) in [6.07, 6.45) is 1.46. The topological polar surface area (TPSA) is 109 Å². The maximum absolute atomic E-state index is 13.0. The molecule has 4 aromatic rings. The molecule has 0 unspecified atom stereocenters. The highest BCUT2D eigenvalue weighted by Crippen LogP contribution is 2.40. The third-order valence-corrected chi connectivity index (χ3v) is 6.42. The van der Waals surface area contributed by atoms with Crippen molar-refractivity contribution in [2.75, 3.05) is 26.1 Å². The molecule has 196 valence electrons. The number of benzene rings is 3. The van der Waals surface area contributed by atoms with Crippen molar-refractivity contribution in [2.45, 2.75) is 0 Å². The molecule has 4 rings (SSSR count). The first-order valence-electron chi connectivity index (χ1n) is 11.2. The van der Waals surface area contributed by atoms with Gasteiger partial charge in [-0.05, 0) is 35.9 Å². The highest BCUT2D eigenvalue weighted by molar-refractivity contribution is 7.95. The highest BCUT2D eigenvalue weighted by Gasteiger charge is 2.22. The lowest BCUT2D eigenvalue weighted by atomic mass is 10.2. The van der Waals surface area contributed by atoms with E-state index in [0.717, 1.165) is 5.41 Å². The molecule has 11 heteroatoms. The van der Waals surface area contributed by atoms with E-state index in [0.29, 0.717) is 28.4 Å². The van der Waals surface area contributed by atoms with Crippen molar-refractivity contribution in [1.29, 1.82) is 0 Å². The highest BCUT2D eigenvalue weighted by atomic mass is 35.5. The van der Waals surface area contributed by atoms with Gasteiger partial charge < -0.3 is 18.9 Å². The summed E-state index contributed by atoms with van der Waals surface area (Å²) < 4.78 is 50.5. The fraction of sp³-hybridized carbons (Fsp3) is 0.111. The summed E-state index contributed by atoms with van der Waals surface area (Å²) in [6.45, 7) is 0. The summed E-state index contributed by atoms with van der Waals surface area (Å²) in [5, 5.41) is 0.895. The number of hydrogen-bond donors (Lipinski definition) is 1. The monoisotopic (exact) mass is 553 g/mol. The van der Waals surface area contributed by atoms with Crippen LogP contribution in [0.5, 0.6) is 28.7 Å². The molecule has 0 fully saturated rings. The third-order valence-electron chi connectivity index (χ3n) is 5.19. The van der Waals surface area contributed by atoms with E-state index in [4.69, 9.17) is 30.5 Å². The predicted octanol–water partition coefficient (Wildman–Crippen LogP) is 6.03. The van der Waals surface area contributed by atoms with Gasteiger partial charge in [0.1, 0.15) is 11.5 Å². The zero-order valence-electron chi connectivity index (χ0n) is 20.7. The molecule has 0 aliphatic rings. The fourth-order valence-corrected chi connectivity index (χ4v) is 4.38. The number of aromatic nitrogens is 2. The maximum atomic E-state index is 13.0. The number of rotatable bonds is 10. The Balaban J connectivity index is 1.81. The molecule has 38 heavy (non-hydrogen) atoms. The lowest BCUT2D eigenvalue weighted by Gasteiger charge is -2.16. The van der Waals surface area contributed by atoms with E-state index in [1.54, 1.807) is 66.7 Å². The second-order valence-electron chi connectivity index (χ2n) is 7.73. The van der Waals surface area contributed by atoms with Crippen LogP contribution in [0, 0.1) is 0 Å². The van der Waals surface area contributed by atoms with Crippen molar-refractivity contribution in [3.63, 3.8) is 0 Å². The summed E-state index contributed by atoms with van der Waals surface area (Å²) in [5.74, 6) is 1.50. The molecule has 0 aliphatic carbocycles. The molecule has 1 aromatic heterocycles. The minimum Gasteiger partial charge on any atom is -0.497 e. The van der Waals surface area contributed by atoms with Crippen LogP contribution in [0.2, 0.25) is 5.15 Å². The van der Waals surface area contributed by atoms with Gasteiger partial charge in [0.15, 0.2) is 28.3 Å². The SMILES string of the molecule is COc1cc(OC)cc(-c2nc(Cl)c(Oc3ccccc3OC)c(NS(=O)(=O)C=Cc3ccccc3)n2)c1. The van der Waals surface area contributed by atoms with E-state index >= 15 is 0 Å². The van der Waals surface area contributed by atoms with Crippen LogP contribution in [0.4, 0.5) is 5.82 Å². The van der Waals surface area contributed by atoms with Gasteiger partial charge in [0.2, 0.25) is 5.75 Å². The van der Waals surface area contributed by atoms with Gasteiger partial charge in [-0.25, -0.2) is 18.4 Å². The Morgan fingerprint density at radius 1 is 0.816 bits per heavy atom. The Labute approximate surface area is 225 Å². The van der Waals surface area contributed by atoms with Crippen LogP contribution in [0.25, 0.3) is 17.5 Å². The Morgan fingerprint density at radius 3 is 2.08 bits per heavy atom. The van der Waals surface area contributed by atoms with Gasteiger partial charge in [0.05, 0.1) is 26.7 Å². The van der Waals surface area contributed by atoms with E-state index in [9.17, 15) is 8.42 Å². The zero-order valence-corrected chi connectivity index (χ0v) is 22.3. The van der Waals surface area contributed by atoms with Crippen LogP contribution < -0.4 is 23.7 Å². The molecular weight excluding hydrogens is 530 g/mol. The van der Waals surface area contributed by atoms with E-state index in [1.165, 1.54) is 27.4 Å². The zero-order chi connectivity index (χ0) is 27.1. The number of hydrogen-bond acceptors (Lipinski definition) is 8. The summed E-state index contributed by atoms with van der Waals surface area (Å²) >= 11 is 6.55. The standard InChI is InChI=1S/C27H24ClN3O6S/c1-34-20-15-19(16-21(17-20)35-2)26-29-25(28)24(37-23-12-8-7-11-22(23)36-3)27(30-26)31-38(32,33)14-13-18-9-5-4-6-10-18/h4-17H,1-3H3,(H,29,30,31). The number of para-hydroxylation sites is 2. The lowest BCUT2D eigenvalue weighted by molar-refractivity contribution is 0.378. The lowest BCUT2D eigenvalue weighted by Crippen LogP contribution is -2.12. The molecule has 0 spiro atoms. The van der Waals surface area contributed by atoms with Crippen molar-refractivity contribution in [3.8, 4) is 40.1 Å². The average molecular weight is 554 g/mol. The Morgan fingerprint density at radius 2 is 1.45 bits per heavy atom. The van der Waals surface area contributed by atoms with Crippen LogP contribution in [-0.4, -0.2) is 39.7 Å². The van der Waals surface area contributed by atoms with Gasteiger partial charge in [-0.1, -0.05) is 54.1 Å². The van der Waals surface area contributed by atoms with E-state index in [1.807, 2.05) is 6.07 Å². The smallest absolute Gasteiger partial charge is 0.256 e. The predicted molar refractivity (Wildman–Crippen MR) is 147 cm³/mol. The fourth-order valence-electron chi connectivity index (χ4n) is 3.36. The molecule has 0 saturated carbocycles. The van der Waals surface area contributed by atoms with Gasteiger partial charge in [0.25, 0.3) is 10.0 Å². The van der Waals surface area contributed by atoms with Crippen molar-refractivity contribution in [1.82, 2.24) is 9.97 Å². The number of methoxy groups -OCH3 is 3. The molecule has 9 nitrogen and oxygen atoms in total. The van der Waals surface area contributed by atoms with Gasteiger partial charge >= 0.3 is 0 Å². The van der Waals surface area contributed by atoms with Crippen molar-refractivity contribution < 1.29 is 27.4 Å². The third kappa shape index (κ3) is 6.53. The second-order valence-corrected chi connectivity index (χ2v) is 9.65. The first kappa shape index (κ1) is 26.8. The minimum absolute atomic E-state index is 0.105. The number of nitrogens with one attached hydrogen (secondary N) is 1. The molecule has 0 amide bonds.